The number of carbonyl (C=O) groups is 1. The maximum Gasteiger partial charge on any atom is 0.238 e. The van der Waals surface area contributed by atoms with Gasteiger partial charge >= 0.3 is 0 Å². The lowest BCUT2D eigenvalue weighted by Crippen LogP contribution is -2.49. The van der Waals surface area contributed by atoms with Crippen molar-refractivity contribution in [2.45, 2.75) is 25.0 Å². The van der Waals surface area contributed by atoms with Crippen LogP contribution in [0, 0.1) is 5.92 Å². The standard InChI is InChI=1S/C14H21N3O4S/c1-15-14(18)12-6-10-7-16(8-11-4-3-5-21-11)9-13(10)17(12)22(2,19)20/h3-5,10,12-13H,6-9H2,1-2H3,(H,15,18)/t10-,12-,13+/m0/s1. The van der Waals surface area contributed by atoms with Gasteiger partial charge in [0.1, 0.15) is 11.8 Å². The largest absolute Gasteiger partial charge is 0.468 e. The summed E-state index contributed by atoms with van der Waals surface area (Å²) in [6.07, 6.45) is 3.39. The van der Waals surface area contributed by atoms with Gasteiger partial charge < -0.3 is 9.73 Å². The molecule has 0 bridgehead atoms. The summed E-state index contributed by atoms with van der Waals surface area (Å²) >= 11 is 0. The van der Waals surface area contributed by atoms with E-state index < -0.39 is 16.1 Å². The van der Waals surface area contributed by atoms with Gasteiger partial charge in [-0.05, 0) is 24.5 Å². The van der Waals surface area contributed by atoms with E-state index in [0.717, 1.165) is 12.3 Å². The maximum atomic E-state index is 12.1. The lowest BCUT2D eigenvalue weighted by Gasteiger charge is -2.27. The molecule has 122 valence electrons. The van der Waals surface area contributed by atoms with E-state index in [9.17, 15) is 13.2 Å². The minimum atomic E-state index is -3.42. The summed E-state index contributed by atoms with van der Waals surface area (Å²) in [4.78, 5) is 14.2. The number of rotatable bonds is 4. The molecule has 3 atom stereocenters. The first-order chi connectivity index (χ1) is 10.4. The first-order valence-electron chi connectivity index (χ1n) is 7.35. The molecule has 1 amide bonds. The van der Waals surface area contributed by atoms with E-state index in [4.69, 9.17) is 4.42 Å². The van der Waals surface area contributed by atoms with Crippen LogP contribution in [0.4, 0.5) is 0 Å². The zero-order valence-electron chi connectivity index (χ0n) is 12.7. The first-order valence-corrected chi connectivity index (χ1v) is 9.20. The van der Waals surface area contributed by atoms with Crippen molar-refractivity contribution in [2.75, 3.05) is 26.4 Å². The molecule has 3 rings (SSSR count). The molecule has 22 heavy (non-hydrogen) atoms. The third-order valence-electron chi connectivity index (χ3n) is 4.53. The van der Waals surface area contributed by atoms with Crippen molar-refractivity contribution in [2.24, 2.45) is 5.92 Å². The number of sulfonamides is 1. The molecular formula is C14H21N3O4S. The number of nitrogens with one attached hydrogen (secondary N) is 1. The highest BCUT2D eigenvalue weighted by atomic mass is 32.2. The van der Waals surface area contributed by atoms with Crippen LogP contribution in [0.15, 0.2) is 22.8 Å². The maximum absolute atomic E-state index is 12.1. The Kier molecular flexibility index (Phi) is 4.00. The highest BCUT2D eigenvalue weighted by molar-refractivity contribution is 7.88. The van der Waals surface area contributed by atoms with E-state index in [1.807, 2.05) is 12.1 Å². The highest BCUT2D eigenvalue weighted by Crippen LogP contribution is 2.37. The molecule has 0 saturated carbocycles. The van der Waals surface area contributed by atoms with Crippen LogP contribution in [0.1, 0.15) is 12.2 Å². The number of hydrogen-bond donors (Lipinski definition) is 1. The average molecular weight is 327 g/mol. The van der Waals surface area contributed by atoms with Crippen LogP contribution >= 0.6 is 0 Å². The monoisotopic (exact) mass is 327 g/mol. The molecule has 0 aliphatic carbocycles. The molecule has 1 N–H and O–H groups in total. The first kappa shape index (κ1) is 15.5. The van der Waals surface area contributed by atoms with Gasteiger partial charge in [0.2, 0.25) is 15.9 Å². The van der Waals surface area contributed by atoms with E-state index in [1.165, 1.54) is 10.6 Å². The normalized spacial score (nSPS) is 29.6. The third-order valence-corrected chi connectivity index (χ3v) is 5.82. The van der Waals surface area contributed by atoms with Crippen molar-refractivity contribution in [1.29, 1.82) is 0 Å². The SMILES string of the molecule is CNC(=O)[C@@H]1C[C@H]2CN(Cc3ccco3)C[C@H]2N1S(C)(=O)=O. The average Bonchev–Trinajstić information content (AvgIpc) is 3.11. The summed E-state index contributed by atoms with van der Waals surface area (Å²) < 4.78 is 31.0. The summed E-state index contributed by atoms with van der Waals surface area (Å²) in [5, 5.41) is 2.57. The molecule has 7 nitrogen and oxygen atoms in total. The van der Waals surface area contributed by atoms with E-state index in [2.05, 4.69) is 10.2 Å². The fourth-order valence-corrected chi connectivity index (χ4v) is 5.08. The number of amides is 1. The molecule has 1 aromatic rings. The number of nitrogens with zero attached hydrogens (tertiary/aromatic N) is 2. The van der Waals surface area contributed by atoms with Crippen LogP contribution in [0.5, 0.6) is 0 Å². The topological polar surface area (TPSA) is 82.9 Å². The molecule has 0 radical (unpaired) electrons. The Balaban J connectivity index is 1.76. The second-order valence-electron chi connectivity index (χ2n) is 6.06. The minimum Gasteiger partial charge on any atom is -0.468 e. The summed E-state index contributed by atoms with van der Waals surface area (Å²) in [6.45, 7) is 2.08. The van der Waals surface area contributed by atoms with Crippen LogP contribution < -0.4 is 5.32 Å². The Hall–Kier alpha value is -1.38. The molecule has 3 heterocycles. The third kappa shape index (κ3) is 2.78. The van der Waals surface area contributed by atoms with Gasteiger partial charge in [-0.25, -0.2) is 8.42 Å². The predicted molar refractivity (Wildman–Crippen MR) is 80.4 cm³/mol. The zero-order chi connectivity index (χ0) is 15.9. The number of likely N-dealkylation sites (N-methyl/N-ethyl adjacent to an activating group) is 1. The number of hydrogen-bond acceptors (Lipinski definition) is 5. The minimum absolute atomic E-state index is 0.132. The van der Waals surface area contributed by atoms with E-state index in [1.54, 1.807) is 13.3 Å². The summed E-state index contributed by atoms with van der Waals surface area (Å²) in [5.41, 5.74) is 0. The lowest BCUT2D eigenvalue weighted by atomic mass is 10.0. The van der Waals surface area contributed by atoms with Crippen molar-refractivity contribution in [3.8, 4) is 0 Å². The van der Waals surface area contributed by atoms with Crippen LogP contribution in [-0.2, 0) is 21.4 Å². The molecule has 2 aliphatic rings. The molecular weight excluding hydrogens is 306 g/mol. The van der Waals surface area contributed by atoms with Gasteiger partial charge in [-0.15, -0.1) is 0 Å². The Bertz CT molecular complexity index is 643. The molecule has 0 aromatic carbocycles. The Morgan fingerprint density at radius 3 is 2.82 bits per heavy atom. The van der Waals surface area contributed by atoms with Gasteiger partial charge in [-0.2, -0.15) is 4.31 Å². The summed E-state index contributed by atoms with van der Waals surface area (Å²) in [5.74, 6) is 0.832. The smallest absolute Gasteiger partial charge is 0.238 e. The zero-order valence-corrected chi connectivity index (χ0v) is 13.5. The van der Waals surface area contributed by atoms with Gasteiger partial charge in [-0.3, -0.25) is 9.69 Å². The molecule has 0 spiro atoms. The Morgan fingerprint density at radius 2 is 2.23 bits per heavy atom. The molecule has 1 aromatic heterocycles. The van der Waals surface area contributed by atoms with Crippen LogP contribution in [-0.4, -0.2) is 62.0 Å². The Morgan fingerprint density at radius 1 is 1.45 bits per heavy atom. The number of furan rings is 1. The highest BCUT2D eigenvalue weighted by Gasteiger charge is 2.52. The summed E-state index contributed by atoms with van der Waals surface area (Å²) in [6, 6.07) is 3.04. The second kappa shape index (κ2) is 5.68. The Labute approximate surface area is 130 Å². The van der Waals surface area contributed by atoms with Gasteiger partial charge in [0.15, 0.2) is 0 Å². The van der Waals surface area contributed by atoms with E-state index in [0.29, 0.717) is 19.5 Å². The van der Waals surface area contributed by atoms with E-state index in [-0.39, 0.29) is 17.9 Å². The van der Waals surface area contributed by atoms with Crippen LogP contribution in [0.2, 0.25) is 0 Å². The van der Waals surface area contributed by atoms with Crippen molar-refractivity contribution < 1.29 is 17.6 Å². The molecule has 2 saturated heterocycles. The van der Waals surface area contributed by atoms with Crippen molar-refractivity contribution >= 4 is 15.9 Å². The predicted octanol–water partition coefficient (Wildman–Crippen LogP) is -0.140. The van der Waals surface area contributed by atoms with Crippen molar-refractivity contribution in [1.82, 2.24) is 14.5 Å². The second-order valence-corrected chi connectivity index (χ2v) is 7.95. The number of likely N-dealkylation sites (tertiary alicyclic amines) is 1. The van der Waals surface area contributed by atoms with Gasteiger partial charge in [0.05, 0.1) is 19.1 Å². The quantitative estimate of drug-likeness (QED) is 0.832. The van der Waals surface area contributed by atoms with Gasteiger partial charge in [0.25, 0.3) is 0 Å². The van der Waals surface area contributed by atoms with Gasteiger partial charge in [0, 0.05) is 26.2 Å². The number of carbonyl (C=O) groups excluding carboxylic acids is 1. The van der Waals surface area contributed by atoms with Crippen LogP contribution in [0.3, 0.4) is 0 Å². The van der Waals surface area contributed by atoms with Crippen molar-refractivity contribution in [3.05, 3.63) is 24.2 Å². The fraction of sp³-hybridized carbons (Fsp3) is 0.643. The molecule has 2 aliphatic heterocycles. The number of fused-ring (bicyclic) bond motifs is 1. The molecule has 8 heteroatoms. The van der Waals surface area contributed by atoms with Crippen molar-refractivity contribution in [3.63, 3.8) is 0 Å². The van der Waals surface area contributed by atoms with Crippen LogP contribution in [0.25, 0.3) is 0 Å². The molecule has 0 unspecified atom stereocenters. The molecule has 2 fully saturated rings. The lowest BCUT2D eigenvalue weighted by molar-refractivity contribution is -0.124. The van der Waals surface area contributed by atoms with Gasteiger partial charge in [-0.1, -0.05) is 0 Å². The van der Waals surface area contributed by atoms with E-state index >= 15 is 0 Å². The fourth-order valence-electron chi connectivity index (χ4n) is 3.70. The summed E-state index contributed by atoms with van der Waals surface area (Å²) in [7, 11) is -1.88.